The Balaban J connectivity index is 1.51. The Morgan fingerprint density at radius 1 is 0.939 bits per heavy atom. The number of nitrogens with zero attached hydrogens (tertiary/aromatic N) is 3. The molecule has 4 rings (SSSR count). The van der Waals surface area contributed by atoms with E-state index < -0.39 is 10.0 Å². The topological polar surface area (TPSA) is 70.6 Å². The maximum Gasteiger partial charge on any atom is 0.243 e. The van der Waals surface area contributed by atoms with Gasteiger partial charge < -0.3 is 4.90 Å². The average Bonchev–Trinajstić information content (AvgIpc) is 2.86. The highest BCUT2D eigenvalue weighted by Gasteiger charge is 2.26. The summed E-state index contributed by atoms with van der Waals surface area (Å²) >= 11 is 0. The molecule has 0 N–H and O–H groups in total. The Labute approximate surface area is 193 Å². The van der Waals surface area contributed by atoms with Crippen molar-refractivity contribution < 1.29 is 17.6 Å². The van der Waals surface area contributed by atoms with Gasteiger partial charge in [-0.15, -0.1) is 0 Å². The molecule has 0 unspecified atom stereocenters. The van der Waals surface area contributed by atoms with E-state index in [0.29, 0.717) is 31.0 Å². The van der Waals surface area contributed by atoms with Crippen LogP contribution in [0.2, 0.25) is 0 Å². The number of halogens is 1. The van der Waals surface area contributed by atoms with E-state index in [1.807, 2.05) is 17.0 Å². The zero-order valence-electron chi connectivity index (χ0n) is 18.2. The van der Waals surface area contributed by atoms with Gasteiger partial charge in [-0.25, -0.2) is 17.8 Å². The highest BCUT2D eigenvalue weighted by Crippen LogP contribution is 2.22. The molecule has 1 fully saturated rings. The lowest BCUT2D eigenvalue weighted by molar-refractivity contribution is 0.0998. The first kappa shape index (κ1) is 23.1. The molecule has 0 saturated carbocycles. The van der Waals surface area contributed by atoms with E-state index in [4.69, 9.17) is 0 Å². The van der Waals surface area contributed by atoms with Crippen molar-refractivity contribution in [1.82, 2.24) is 9.29 Å². The standard InChI is InChI=1S/C25H26FN3O3S/c26-22-11-7-20(8-12-22)18-28(25-6-2-3-15-27-25)19-24(30)21-9-13-23(14-10-21)33(31,32)29-16-4-1-5-17-29/h2-3,6-15H,1,4-5,16-19H2. The van der Waals surface area contributed by atoms with Crippen molar-refractivity contribution in [3.05, 3.63) is 89.9 Å². The number of sulfonamides is 1. The summed E-state index contributed by atoms with van der Waals surface area (Å²) in [4.78, 5) is 19.4. The van der Waals surface area contributed by atoms with Crippen LogP contribution in [0.3, 0.4) is 0 Å². The van der Waals surface area contributed by atoms with Crippen molar-refractivity contribution in [3.8, 4) is 0 Å². The van der Waals surface area contributed by atoms with E-state index in [9.17, 15) is 17.6 Å². The maximum absolute atomic E-state index is 13.3. The molecule has 3 aromatic rings. The smallest absolute Gasteiger partial charge is 0.243 e. The van der Waals surface area contributed by atoms with E-state index in [-0.39, 0.29) is 23.0 Å². The molecule has 0 radical (unpaired) electrons. The molecule has 33 heavy (non-hydrogen) atoms. The Kier molecular flexibility index (Phi) is 7.15. The van der Waals surface area contributed by atoms with E-state index in [1.54, 1.807) is 36.5 Å². The zero-order chi connectivity index (χ0) is 23.3. The molecule has 1 aliphatic rings. The third-order valence-corrected chi connectivity index (χ3v) is 7.64. The van der Waals surface area contributed by atoms with Crippen LogP contribution < -0.4 is 4.90 Å². The third kappa shape index (κ3) is 5.64. The van der Waals surface area contributed by atoms with Gasteiger partial charge in [-0.05, 0) is 66.9 Å². The number of anilines is 1. The van der Waals surface area contributed by atoms with Crippen LogP contribution in [0.5, 0.6) is 0 Å². The molecule has 2 heterocycles. The van der Waals surface area contributed by atoms with Gasteiger partial charge in [0, 0.05) is 31.4 Å². The normalized spacial score (nSPS) is 14.7. The second kappa shape index (κ2) is 10.2. The van der Waals surface area contributed by atoms with Crippen molar-refractivity contribution in [2.75, 3.05) is 24.5 Å². The van der Waals surface area contributed by atoms with Gasteiger partial charge in [-0.3, -0.25) is 4.79 Å². The summed E-state index contributed by atoms with van der Waals surface area (Å²) in [5, 5.41) is 0. The lowest BCUT2D eigenvalue weighted by Crippen LogP contribution is -2.35. The van der Waals surface area contributed by atoms with E-state index in [0.717, 1.165) is 24.8 Å². The van der Waals surface area contributed by atoms with Gasteiger partial charge in [0.15, 0.2) is 5.78 Å². The van der Waals surface area contributed by atoms with Gasteiger partial charge in [-0.2, -0.15) is 4.31 Å². The molecule has 172 valence electrons. The number of rotatable bonds is 8. The summed E-state index contributed by atoms with van der Waals surface area (Å²) in [6.45, 7) is 1.49. The first-order valence-electron chi connectivity index (χ1n) is 11.0. The Morgan fingerprint density at radius 3 is 2.27 bits per heavy atom. The van der Waals surface area contributed by atoms with Crippen molar-refractivity contribution >= 4 is 21.6 Å². The molecule has 6 nitrogen and oxygen atoms in total. The molecule has 0 atom stereocenters. The molecule has 8 heteroatoms. The summed E-state index contributed by atoms with van der Waals surface area (Å²) in [7, 11) is -3.54. The number of piperidine rings is 1. The molecule has 2 aromatic carbocycles. The summed E-state index contributed by atoms with van der Waals surface area (Å²) in [5.74, 6) is 0.142. The van der Waals surface area contributed by atoms with Crippen LogP contribution in [0.15, 0.2) is 77.8 Å². The zero-order valence-corrected chi connectivity index (χ0v) is 19.0. The lowest BCUT2D eigenvalue weighted by Gasteiger charge is -2.26. The summed E-state index contributed by atoms with van der Waals surface area (Å²) in [6, 6.07) is 17.7. The van der Waals surface area contributed by atoms with Crippen LogP contribution in [0, 0.1) is 5.82 Å². The second-order valence-corrected chi connectivity index (χ2v) is 10.0. The summed E-state index contributed by atoms with van der Waals surface area (Å²) < 4.78 is 40.5. The van der Waals surface area contributed by atoms with Crippen LogP contribution in [-0.4, -0.2) is 43.1 Å². The number of Topliss-reactive ketones (excluding diaryl/α,β-unsaturated/α-hetero) is 1. The fourth-order valence-electron chi connectivity index (χ4n) is 3.90. The predicted octanol–water partition coefficient (Wildman–Crippen LogP) is 4.28. The van der Waals surface area contributed by atoms with Crippen LogP contribution in [0.1, 0.15) is 35.2 Å². The van der Waals surface area contributed by atoms with Gasteiger partial charge >= 0.3 is 0 Å². The molecule has 1 aliphatic heterocycles. The minimum Gasteiger partial charge on any atom is -0.345 e. The fourth-order valence-corrected chi connectivity index (χ4v) is 5.42. The van der Waals surface area contributed by atoms with Crippen LogP contribution in [0.25, 0.3) is 0 Å². The number of carbonyl (C=O) groups is 1. The molecular weight excluding hydrogens is 441 g/mol. The van der Waals surface area contributed by atoms with Crippen molar-refractivity contribution in [2.24, 2.45) is 0 Å². The van der Waals surface area contributed by atoms with Crippen molar-refractivity contribution in [1.29, 1.82) is 0 Å². The van der Waals surface area contributed by atoms with Crippen LogP contribution >= 0.6 is 0 Å². The van der Waals surface area contributed by atoms with E-state index in [1.165, 1.54) is 28.6 Å². The Morgan fingerprint density at radius 2 is 1.64 bits per heavy atom. The minimum absolute atomic E-state index is 0.0482. The molecule has 0 bridgehead atoms. The molecule has 0 spiro atoms. The summed E-state index contributed by atoms with van der Waals surface area (Å²) in [5.41, 5.74) is 1.27. The number of hydrogen-bond donors (Lipinski definition) is 0. The van der Waals surface area contributed by atoms with E-state index in [2.05, 4.69) is 4.98 Å². The van der Waals surface area contributed by atoms with Gasteiger partial charge in [0.05, 0.1) is 11.4 Å². The van der Waals surface area contributed by atoms with Gasteiger partial charge in [0.2, 0.25) is 10.0 Å². The molecular formula is C25H26FN3O3S. The quantitative estimate of drug-likeness (QED) is 0.463. The number of pyridine rings is 1. The average molecular weight is 468 g/mol. The van der Waals surface area contributed by atoms with Crippen LogP contribution in [0.4, 0.5) is 10.2 Å². The van der Waals surface area contributed by atoms with Crippen LogP contribution in [-0.2, 0) is 16.6 Å². The molecule has 1 aromatic heterocycles. The minimum atomic E-state index is -3.54. The molecule has 1 saturated heterocycles. The van der Waals surface area contributed by atoms with Gasteiger partial charge in [0.25, 0.3) is 0 Å². The van der Waals surface area contributed by atoms with Crippen molar-refractivity contribution in [3.63, 3.8) is 0 Å². The third-order valence-electron chi connectivity index (χ3n) is 5.72. The summed E-state index contributed by atoms with van der Waals surface area (Å²) in [6.07, 6.45) is 4.43. The van der Waals surface area contributed by atoms with E-state index >= 15 is 0 Å². The number of hydrogen-bond acceptors (Lipinski definition) is 5. The number of aromatic nitrogens is 1. The second-order valence-electron chi connectivity index (χ2n) is 8.08. The monoisotopic (exact) mass is 467 g/mol. The fraction of sp³-hybridized carbons (Fsp3) is 0.280. The number of carbonyl (C=O) groups excluding carboxylic acids is 1. The Hall–Kier alpha value is -3.10. The highest BCUT2D eigenvalue weighted by molar-refractivity contribution is 7.89. The van der Waals surface area contributed by atoms with Gasteiger partial charge in [0.1, 0.15) is 11.6 Å². The molecule has 0 amide bonds. The van der Waals surface area contributed by atoms with Gasteiger partial charge in [-0.1, -0.05) is 24.6 Å². The first-order valence-corrected chi connectivity index (χ1v) is 12.4. The molecule has 0 aliphatic carbocycles. The number of ketones is 1. The van der Waals surface area contributed by atoms with Crippen molar-refractivity contribution in [2.45, 2.75) is 30.7 Å². The lowest BCUT2D eigenvalue weighted by atomic mass is 10.1. The number of benzene rings is 2. The Bertz CT molecular complexity index is 1180. The predicted molar refractivity (Wildman–Crippen MR) is 125 cm³/mol. The highest BCUT2D eigenvalue weighted by atomic mass is 32.2. The maximum atomic E-state index is 13.3. The largest absolute Gasteiger partial charge is 0.345 e. The SMILES string of the molecule is O=C(CN(Cc1ccc(F)cc1)c1ccccn1)c1ccc(S(=O)(=O)N2CCCCC2)cc1. The first-order chi connectivity index (χ1) is 15.9.